The SMILES string of the molecule is COc1ccc(F)cc1[C@H](Cn1c(=O)n([C@H]2CCN(C)C2=O)c(=O)c2c(C)c(-c3ncco3)sc21)O[C@H]1CC[C@@H](CC(C)(C)[Si](O)(c2ccccc2)c2ccccc2)CC1. The molecule has 1 aliphatic heterocycles. The summed E-state index contributed by atoms with van der Waals surface area (Å²) in [6.07, 6.45) is 6.11. The number of carbonyl (C=O) groups is 1. The Kier molecular flexibility index (Phi) is 11.6. The van der Waals surface area contributed by atoms with Crippen LogP contribution in [0.5, 0.6) is 5.75 Å². The van der Waals surface area contributed by atoms with Crippen LogP contribution in [0.25, 0.3) is 21.0 Å². The lowest BCUT2D eigenvalue weighted by Gasteiger charge is -2.44. The Balaban J connectivity index is 1.13. The van der Waals surface area contributed by atoms with Crippen LogP contribution in [0.3, 0.4) is 0 Å². The molecule has 314 valence electrons. The first-order valence-electron chi connectivity index (χ1n) is 20.6. The van der Waals surface area contributed by atoms with Crippen molar-refractivity contribution in [2.45, 2.75) is 89.1 Å². The molecule has 0 bridgehead atoms. The number of carbonyl (C=O) groups excluding carboxylic acids is 1. The minimum atomic E-state index is -3.20. The second-order valence-electron chi connectivity index (χ2n) is 16.9. The van der Waals surface area contributed by atoms with E-state index in [1.54, 1.807) is 20.0 Å². The summed E-state index contributed by atoms with van der Waals surface area (Å²) in [5, 5.41) is 1.86. The zero-order valence-corrected chi connectivity index (χ0v) is 36.4. The van der Waals surface area contributed by atoms with Crippen LogP contribution < -0.4 is 26.4 Å². The lowest BCUT2D eigenvalue weighted by molar-refractivity contribution is -0.129. The number of methoxy groups -OCH3 is 1. The van der Waals surface area contributed by atoms with Crippen LogP contribution in [0.2, 0.25) is 5.04 Å². The molecule has 14 heteroatoms. The zero-order chi connectivity index (χ0) is 42.3. The molecule has 0 radical (unpaired) electrons. The Morgan fingerprint density at radius 3 is 2.23 bits per heavy atom. The minimum absolute atomic E-state index is 0.0864. The van der Waals surface area contributed by atoms with Gasteiger partial charge in [0.1, 0.15) is 34.8 Å². The summed E-state index contributed by atoms with van der Waals surface area (Å²) in [6.45, 7) is 6.50. The van der Waals surface area contributed by atoms with E-state index in [1.165, 1.54) is 52.5 Å². The summed E-state index contributed by atoms with van der Waals surface area (Å²) in [7, 11) is -0.0382. The van der Waals surface area contributed by atoms with E-state index in [1.807, 2.05) is 60.7 Å². The van der Waals surface area contributed by atoms with Crippen LogP contribution in [0.1, 0.15) is 75.6 Å². The number of amides is 1. The lowest BCUT2D eigenvalue weighted by atomic mass is 9.82. The number of rotatable bonds is 13. The molecule has 0 unspecified atom stereocenters. The molecule has 2 aliphatic rings. The first-order valence-corrected chi connectivity index (χ1v) is 23.3. The Labute approximate surface area is 353 Å². The van der Waals surface area contributed by atoms with Gasteiger partial charge < -0.3 is 23.6 Å². The monoisotopic (exact) mass is 850 g/mol. The van der Waals surface area contributed by atoms with Crippen LogP contribution in [0, 0.1) is 18.7 Å². The number of oxazole rings is 1. The Morgan fingerprint density at radius 2 is 1.65 bits per heavy atom. The normalized spacial score (nSPS) is 19.3. The Morgan fingerprint density at radius 1 is 0.983 bits per heavy atom. The van der Waals surface area contributed by atoms with Gasteiger partial charge in [-0.1, -0.05) is 74.5 Å². The predicted octanol–water partition coefficient (Wildman–Crippen LogP) is 6.98. The number of likely N-dealkylation sites (tertiary alicyclic amines) is 1. The molecule has 1 amide bonds. The molecule has 0 spiro atoms. The maximum atomic E-state index is 15.2. The predicted molar refractivity (Wildman–Crippen MR) is 233 cm³/mol. The number of hydrogen-bond donors (Lipinski definition) is 1. The largest absolute Gasteiger partial charge is 0.496 e. The molecular weight excluding hydrogens is 800 g/mol. The smallest absolute Gasteiger partial charge is 0.332 e. The van der Waals surface area contributed by atoms with Gasteiger partial charge in [0.25, 0.3) is 13.9 Å². The molecular formula is C46H51FN4O7SSi. The summed E-state index contributed by atoms with van der Waals surface area (Å²) in [4.78, 5) is 62.1. The van der Waals surface area contributed by atoms with Gasteiger partial charge in [0, 0.05) is 19.2 Å². The zero-order valence-electron chi connectivity index (χ0n) is 34.6. The van der Waals surface area contributed by atoms with Gasteiger partial charge in [-0.05, 0) is 90.5 Å². The number of ether oxygens (including phenoxy) is 2. The molecule has 1 saturated carbocycles. The first kappa shape index (κ1) is 41.6. The second-order valence-corrected chi connectivity index (χ2v) is 21.8. The van der Waals surface area contributed by atoms with Gasteiger partial charge in [0.05, 0.1) is 36.2 Å². The third kappa shape index (κ3) is 7.48. The standard InChI is InChI=1S/C46H51FN4O7SSi/c1-29-39-43(53)51(36-22-24-49(4)42(36)52)45(54)50(44(39)59-40(29)41-48-23-25-57-41)28-38(35-26-31(47)18-21-37(35)56-5)58-32-19-16-30(17-20-32)27-46(2,3)60(55,33-12-8-6-9-13-33)34-14-10-7-11-15-34/h6-15,18,21,23,25-26,30,32,36,38,55H,16-17,19-20,22,24,27-28H2,1-5H3/t30-,32+,36-,38-/m0/s1. The van der Waals surface area contributed by atoms with E-state index in [9.17, 15) is 19.2 Å². The van der Waals surface area contributed by atoms with Crippen molar-refractivity contribution in [3.63, 3.8) is 0 Å². The van der Waals surface area contributed by atoms with Crippen molar-refractivity contribution in [2.75, 3.05) is 20.7 Å². The van der Waals surface area contributed by atoms with Gasteiger partial charge in [0.2, 0.25) is 11.8 Å². The van der Waals surface area contributed by atoms with Crippen LogP contribution in [0.15, 0.2) is 105 Å². The minimum Gasteiger partial charge on any atom is -0.496 e. The van der Waals surface area contributed by atoms with E-state index < -0.39 is 42.6 Å². The number of benzene rings is 3. The quantitative estimate of drug-likeness (QED) is 0.123. The molecule has 6 aromatic rings. The lowest BCUT2D eigenvalue weighted by Crippen LogP contribution is -2.65. The van der Waals surface area contributed by atoms with Crippen LogP contribution in [-0.4, -0.2) is 64.8 Å². The fourth-order valence-corrected chi connectivity index (χ4v) is 14.7. The van der Waals surface area contributed by atoms with Crippen molar-refractivity contribution in [2.24, 2.45) is 5.92 Å². The van der Waals surface area contributed by atoms with E-state index in [-0.39, 0.29) is 23.9 Å². The van der Waals surface area contributed by atoms with Gasteiger partial charge in [-0.15, -0.1) is 11.3 Å². The van der Waals surface area contributed by atoms with Crippen LogP contribution in [-0.2, 0) is 16.1 Å². The average molecular weight is 851 g/mol. The van der Waals surface area contributed by atoms with Gasteiger partial charge in [-0.2, -0.15) is 0 Å². The summed E-state index contributed by atoms with van der Waals surface area (Å²) in [5.41, 5.74) is -0.189. The third-order valence-electron chi connectivity index (χ3n) is 12.8. The average Bonchev–Trinajstić information content (AvgIpc) is 3.99. The van der Waals surface area contributed by atoms with E-state index >= 15 is 4.39 Å². The van der Waals surface area contributed by atoms with Crippen molar-refractivity contribution < 1.29 is 27.9 Å². The Hall–Kier alpha value is -5.15. The number of halogens is 1. The van der Waals surface area contributed by atoms with Gasteiger partial charge in [0.15, 0.2) is 0 Å². The molecule has 1 saturated heterocycles. The topological polar surface area (TPSA) is 129 Å². The first-order chi connectivity index (χ1) is 28.8. The number of hydrogen-bond acceptors (Lipinski definition) is 9. The molecule has 4 heterocycles. The molecule has 1 aliphatic carbocycles. The van der Waals surface area contributed by atoms with Gasteiger partial charge in [-0.3, -0.25) is 14.2 Å². The van der Waals surface area contributed by atoms with Crippen LogP contribution >= 0.6 is 11.3 Å². The second kappa shape index (κ2) is 16.7. The van der Waals surface area contributed by atoms with E-state index in [0.29, 0.717) is 64.2 Å². The highest BCUT2D eigenvalue weighted by atomic mass is 32.1. The number of aromatic nitrogens is 3. The summed E-state index contributed by atoms with van der Waals surface area (Å²) >= 11 is 1.21. The number of aryl methyl sites for hydroxylation is 1. The number of nitrogens with zero attached hydrogens (tertiary/aromatic N) is 4. The van der Waals surface area contributed by atoms with E-state index in [2.05, 4.69) is 18.8 Å². The van der Waals surface area contributed by atoms with Gasteiger partial charge in [-0.25, -0.2) is 18.7 Å². The van der Waals surface area contributed by atoms with Crippen LogP contribution in [0.4, 0.5) is 4.39 Å². The molecule has 3 aromatic carbocycles. The van der Waals surface area contributed by atoms with Crippen molar-refractivity contribution in [1.82, 2.24) is 19.0 Å². The highest BCUT2D eigenvalue weighted by Crippen LogP contribution is 2.46. The van der Waals surface area contributed by atoms with E-state index in [0.717, 1.165) is 34.2 Å². The molecule has 1 N–H and O–H groups in total. The van der Waals surface area contributed by atoms with Crippen molar-refractivity contribution in [1.29, 1.82) is 0 Å². The molecule has 11 nitrogen and oxygen atoms in total. The maximum absolute atomic E-state index is 15.2. The third-order valence-corrected chi connectivity index (χ3v) is 18.6. The molecule has 2 atom stereocenters. The van der Waals surface area contributed by atoms with E-state index in [4.69, 9.17) is 13.9 Å². The number of fused-ring (bicyclic) bond motifs is 1. The van der Waals surface area contributed by atoms with Crippen molar-refractivity contribution >= 4 is 46.2 Å². The number of thiophene rings is 1. The van der Waals surface area contributed by atoms with Crippen molar-refractivity contribution in [3.05, 3.63) is 129 Å². The number of likely N-dealkylation sites (N-methyl/N-ethyl adjacent to an activating group) is 1. The van der Waals surface area contributed by atoms with Crippen molar-refractivity contribution in [3.8, 4) is 16.5 Å². The Bertz CT molecular complexity index is 2560. The molecule has 2 fully saturated rings. The summed E-state index contributed by atoms with van der Waals surface area (Å²) in [5.74, 6) is 0.233. The fourth-order valence-electron chi connectivity index (χ4n) is 9.60. The highest BCUT2D eigenvalue weighted by Gasteiger charge is 2.51. The highest BCUT2D eigenvalue weighted by molar-refractivity contribution is 7.22. The summed E-state index contributed by atoms with van der Waals surface area (Å²) < 4.78 is 36.1. The maximum Gasteiger partial charge on any atom is 0.332 e. The summed E-state index contributed by atoms with van der Waals surface area (Å²) in [6, 6.07) is 23.4. The molecule has 8 rings (SSSR count). The molecule has 60 heavy (non-hydrogen) atoms. The molecule has 3 aromatic heterocycles. The van der Waals surface area contributed by atoms with Gasteiger partial charge >= 0.3 is 5.69 Å². The fraction of sp³-hybridized carbons (Fsp3) is 0.391.